The molecule has 3 heterocycles. The van der Waals surface area contributed by atoms with E-state index in [2.05, 4.69) is 25.3 Å². The van der Waals surface area contributed by atoms with Crippen LogP contribution < -0.4 is 10.2 Å². The molecule has 0 atom stereocenters. The van der Waals surface area contributed by atoms with Gasteiger partial charge in [-0.05, 0) is 44.0 Å². The van der Waals surface area contributed by atoms with Crippen molar-refractivity contribution in [3.8, 4) is 11.3 Å². The predicted octanol–water partition coefficient (Wildman–Crippen LogP) is 4.23. The van der Waals surface area contributed by atoms with E-state index in [0.717, 1.165) is 22.3 Å². The van der Waals surface area contributed by atoms with Crippen LogP contribution >= 0.6 is 0 Å². The zero-order valence-corrected chi connectivity index (χ0v) is 19.5. The van der Waals surface area contributed by atoms with Gasteiger partial charge in [0.2, 0.25) is 5.91 Å². The first-order valence-corrected chi connectivity index (χ1v) is 11.4. The van der Waals surface area contributed by atoms with Crippen LogP contribution in [0.5, 0.6) is 0 Å². The second-order valence-corrected chi connectivity index (χ2v) is 8.59. The van der Waals surface area contributed by atoms with Crippen molar-refractivity contribution >= 4 is 34.5 Å². The van der Waals surface area contributed by atoms with Gasteiger partial charge in [0, 0.05) is 30.3 Å². The molecule has 1 aliphatic heterocycles. The number of hydrogen-bond acceptors (Lipinski definition) is 8. The molecule has 1 amide bonds. The molecule has 178 valence electrons. The zero-order chi connectivity index (χ0) is 24.4. The minimum absolute atomic E-state index is 0.0337. The summed E-state index contributed by atoms with van der Waals surface area (Å²) in [6.07, 6.45) is 2.85. The Hall–Kier alpha value is -4.27. The van der Waals surface area contributed by atoms with Crippen LogP contribution in [0.3, 0.4) is 0 Å². The number of nitrogens with one attached hydrogen (secondary N) is 1. The van der Waals surface area contributed by atoms with Crippen LogP contribution in [-0.2, 0) is 9.53 Å². The van der Waals surface area contributed by atoms with Gasteiger partial charge in [-0.1, -0.05) is 35.0 Å². The first-order chi connectivity index (χ1) is 17.0. The van der Waals surface area contributed by atoms with Gasteiger partial charge in [0.15, 0.2) is 0 Å². The molecular formula is C26H25N5O4. The number of ether oxygens (including phenoxy) is 1. The second-order valence-electron chi connectivity index (χ2n) is 8.59. The fourth-order valence-electron chi connectivity index (χ4n) is 4.33. The summed E-state index contributed by atoms with van der Waals surface area (Å²) in [6.45, 7) is 3.38. The number of hydrogen-bond donors (Lipinski definition) is 1. The van der Waals surface area contributed by atoms with Gasteiger partial charge in [-0.25, -0.2) is 9.78 Å². The summed E-state index contributed by atoms with van der Waals surface area (Å²) in [6, 6.07) is 14.8. The molecule has 2 aromatic carbocycles. The molecule has 1 N–H and O–H groups in total. The lowest BCUT2D eigenvalue weighted by atomic mass is 9.95. The van der Waals surface area contributed by atoms with Crippen molar-refractivity contribution in [3.63, 3.8) is 0 Å². The van der Waals surface area contributed by atoms with Crippen molar-refractivity contribution in [2.45, 2.75) is 19.8 Å². The molecule has 35 heavy (non-hydrogen) atoms. The first kappa shape index (κ1) is 22.5. The molecule has 4 aromatic rings. The smallest absolute Gasteiger partial charge is 0.337 e. The average molecular weight is 472 g/mol. The summed E-state index contributed by atoms with van der Waals surface area (Å²) in [7, 11) is 1.34. The Morgan fingerprint density at radius 1 is 1.03 bits per heavy atom. The third-order valence-corrected chi connectivity index (χ3v) is 6.32. The maximum atomic E-state index is 12.9. The number of amides is 1. The number of esters is 1. The summed E-state index contributed by atoms with van der Waals surface area (Å²) in [5, 5.41) is 8.00. The first-order valence-electron chi connectivity index (χ1n) is 11.4. The van der Waals surface area contributed by atoms with Gasteiger partial charge in [-0.2, -0.15) is 4.98 Å². The van der Waals surface area contributed by atoms with Crippen molar-refractivity contribution in [1.82, 2.24) is 15.1 Å². The Labute approximate surface area is 202 Å². The molecule has 9 heteroatoms. The number of benzene rings is 2. The van der Waals surface area contributed by atoms with Gasteiger partial charge in [0.1, 0.15) is 23.2 Å². The van der Waals surface area contributed by atoms with Crippen molar-refractivity contribution in [1.29, 1.82) is 0 Å². The largest absolute Gasteiger partial charge is 0.465 e. The number of carbonyl (C=O) groups is 2. The van der Waals surface area contributed by atoms with E-state index in [1.54, 1.807) is 24.3 Å². The van der Waals surface area contributed by atoms with Crippen molar-refractivity contribution in [2.24, 2.45) is 5.92 Å². The number of carbonyl (C=O) groups excluding carboxylic acids is 2. The minimum atomic E-state index is -0.410. The lowest BCUT2D eigenvalue weighted by Gasteiger charge is -2.32. The second kappa shape index (κ2) is 9.54. The number of nitrogens with zero attached hydrogens (tertiary/aromatic N) is 4. The van der Waals surface area contributed by atoms with Crippen molar-refractivity contribution in [2.75, 3.05) is 30.4 Å². The Balaban J connectivity index is 1.28. The van der Waals surface area contributed by atoms with Crippen LogP contribution in [0.1, 0.15) is 28.8 Å². The number of fused-ring (bicyclic) bond motifs is 1. The van der Waals surface area contributed by atoms with Gasteiger partial charge < -0.3 is 19.5 Å². The van der Waals surface area contributed by atoms with Gasteiger partial charge in [0.25, 0.3) is 5.71 Å². The normalized spacial score (nSPS) is 14.2. The topological polar surface area (TPSA) is 110 Å². The van der Waals surface area contributed by atoms with Crippen LogP contribution in [0.15, 0.2) is 59.4 Å². The number of anilines is 2. The highest BCUT2D eigenvalue weighted by Gasteiger charge is 2.28. The maximum absolute atomic E-state index is 12.9. The Bertz CT molecular complexity index is 1360. The summed E-state index contributed by atoms with van der Waals surface area (Å²) in [5.41, 5.74) is 4.35. The van der Waals surface area contributed by atoms with Crippen LogP contribution in [0.2, 0.25) is 0 Å². The van der Waals surface area contributed by atoms with E-state index in [4.69, 9.17) is 9.26 Å². The van der Waals surface area contributed by atoms with Crippen LogP contribution in [0, 0.1) is 12.8 Å². The van der Waals surface area contributed by atoms with Gasteiger partial charge in [-0.3, -0.25) is 4.79 Å². The number of aromatic nitrogens is 3. The van der Waals surface area contributed by atoms with Crippen LogP contribution in [-0.4, -0.2) is 47.2 Å². The quantitative estimate of drug-likeness (QED) is 0.431. The molecule has 0 radical (unpaired) electrons. The molecular weight excluding hydrogens is 446 g/mol. The van der Waals surface area contributed by atoms with Crippen molar-refractivity contribution in [3.05, 3.63) is 66.0 Å². The molecule has 0 saturated carbocycles. The van der Waals surface area contributed by atoms with E-state index in [-0.39, 0.29) is 11.8 Å². The van der Waals surface area contributed by atoms with E-state index < -0.39 is 5.97 Å². The fourth-order valence-corrected chi connectivity index (χ4v) is 4.33. The Kier molecular flexibility index (Phi) is 6.13. The molecule has 0 spiro atoms. The lowest BCUT2D eigenvalue weighted by molar-refractivity contribution is -0.120. The summed E-state index contributed by atoms with van der Waals surface area (Å²) in [5.74, 6) is 0.202. The molecule has 0 aliphatic carbocycles. The third kappa shape index (κ3) is 4.57. The standard InChI is InChI=1S/C26H25N5O4/c1-16-3-5-17(6-4-16)22-21-23(27-15-28-25(21)35-30-22)31-13-11-18(12-14-31)24(32)29-20-9-7-19(8-10-20)26(33)34-2/h3-10,15,18H,11-14H2,1-2H3,(H,29,32). The predicted molar refractivity (Wildman–Crippen MR) is 131 cm³/mol. The van der Waals surface area contributed by atoms with E-state index in [0.29, 0.717) is 48.6 Å². The van der Waals surface area contributed by atoms with E-state index in [9.17, 15) is 9.59 Å². The van der Waals surface area contributed by atoms with Crippen LogP contribution in [0.25, 0.3) is 22.4 Å². The summed E-state index contributed by atoms with van der Waals surface area (Å²) < 4.78 is 10.2. The molecule has 1 aliphatic rings. The van der Waals surface area contributed by atoms with Crippen molar-refractivity contribution < 1.29 is 18.8 Å². The Morgan fingerprint density at radius 2 is 1.74 bits per heavy atom. The highest BCUT2D eigenvalue weighted by Crippen LogP contribution is 2.35. The minimum Gasteiger partial charge on any atom is -0.465 e. The Morgan fingerprint density at radius 3 is 2.43 bits per heavy atom. The van der Waals surface area contributed by atoms with Gasteiger partial charge in [-0.15, -0.1) is 0 Å². The molecule has 2 aromatic heterocycles. The maximum Gasteiger partial charge on any atom is 0.337 e. The molecule has 1 saturated heterocycles. The van der Waals surface area contributed by atoms with Gasteiger partial charge in [0.05, 0.1) is 12.7 Å². The van der Waals surface area contributed by atoms with E-state index in [1.807, 2.05) is 31.2 Å². The number of piperidine rings is 1. The molecule has 9 nitrogen and oxygen atoms in total. The van der Waals surface area contributed by atoms with Gasteiger partial charge >= 0.3 is 5.97 Å². The number of aryl methyl sites for hydroxylation is 1. The third-order valence-electron chi connectivity index (χ3n) is 6.32. The fraction of sp³-hybridized carbons (Fsp3) is 0.269. The van der Waals surface area contributed by atoms with E-state index in [1.165, 1.54) is 13.4 Å². The highest BCUT2D eigenvalue weighted by molar-refractivity contribution is 5.98. The lowest BCUT2D eigenvalue weighted by Crippen LogP contribution is -2.38. The molecule has 0 unspecified atom stereocenters. The SMILES string of the molecule is COC(=O)c1ccc(NC(=O)C2CCN(c3ncnc4onc(-c5ccc(C)cc5)c34)CC2)cc1. The van der Waals surface area contributed by atoms with Crippen LogP contribution in [0.4, 0.5) is 11.5 Å². The molecule has 0 bridgehead atoms. The molecule has 1 fully saturated rings. The summed E-state index contributed by atoms with van der Waals surface area (Å²) in [4.78, 5) is 35.4. The zero-order valence-electron chi connectivity index (χ0n) is 19.5. The van der Waals surface area contributed by atoms with E-state index >= 15 is 0 Å². The summed E-state index contributed by atoms with van der Waals surface area (Å²) >= 11 is 0. The average Bonchev–Trinajstić information content (AvgIpc) is 3.33. The highest BCUT2D eigenvalue weighted by atomic mass is 16.5. The number of methoxy groups -OCH3 is 1. The monoisotopic (exact) mass is 471 g/mol. The number of rotatable bonds is 5. The molecule has 5 rings (SSSR count).